The van der Waals surface area contributed by atoms with Crippen molar-refractivity contribution in [2.75, 3.05) is 32.9 Å². The summed E-state index contributed by atoms with van der Waals surface area (Å²) in [7, 11) is 4.28. The molecular formula is C24H21ClN4O6. The Morgan fingerprint density at radius 2 is 1.66 bits per heavy atom. The maximum absolute atomic E-state index is 13.5. The molecule has 180 valence electrons. The maximum Gasteiger partial charge on any atom is 0.323 e. The van der Waals surface area contributed by atoms with E-state index in [0.29, 0.717) is 21.8 Å². The van der Waals surface area contributed by atoms with Crippen molar-refractivity contribution in [3.8, 4) is 17.8 Å². The molecule has 5 rings (SSSR count). The fourth-order valence-electron chi connectivity index (χ4n) is 4.62. The van der Waals surface area contributed by atoms with Crippen molar-refractivity contribution in [3.63, 3.8) is 0 Å². The highest BCUT2D eigenvalue weighted by Crippen LogP contribution is 2.53. The Bertz CT molecular complexity index is 1280. The smallest absolute Gasteiger partial charge is 0.323 e. The third-order valence-electron chi connectivity index (χ3n) is 6.10. The molecule has 0 bridgehead atoms. The third-order valence-corrected chi connectivity index (χ3v) is 6.34. The molecule has 1 aromatic heterocycles. The van der Waals surface area contributed by atoms with Gasteiger partial charge >= 0.3 is 6.01 Å². The van der Waals surface area contributed by atoms with Gasteiger partial charge in [0.1, 0.15) is 12.1 Å². The average molecular weight is 497 g/mol. The first-order valence-electron chi connectivity index (χ1n) is 10.6. The van der Waals surface area contributed by atoms with E-state index in [1.54, 1.807) is 18.2 Å². The summed E-state index contributed by atoms with van der Waals surface area (Å²) in [6.45, 7) is -0.240. The number of anilines is 1. The Hall–Kier alpha value is -3.89. The number of hydrogen-bond acceptors (Lipinski definition) is 8. The number of rotatable bonds is 6. The van der Waals surface area contributed by atoms with Gasteiger partial charge in [-0.3, -0.25) is 14.4 Å². The van der Waals surface area contributed by atoms with E-state index >= 15 is 0 Å². The Kier molecular flexibility index (Phi) is 5.70. The van der Waals surface area contributed by atoms with E-state index in [2.05, 4.69) is 9.97 Å². The van der Waals surface area contributed by atoms with Gasteiger partial charge in [-0.15, -0.1) is 0 Å². The van der Waals surface area contributed by atoms with Gasteiger partial charge in [0.05, 0.1) is 33.1 Å². The minimum absolute atomic E-state index is 0.114. The summed E-state index contributed by atoms with van der Waals surface area (Å²) in [5.41, 5.74) is 0.497. The molecule has 2 aliphatic rings. The number of ether oxygens (including phenoxy) is 3. The predicted octanol–water partition coefficient (Wildman–Crippen LogP) is 2.59. The summed E-state index contributed by atoms with van der Waals surface area (Å²) in [6.07, 6.45) is -1.12. The first-order valence-corrected chi connectivity index (χ1v) is 11.0. The highest BCUT2D eigenvalue weighted by molar-refractivity contribution is 6.30. The fraction of sp³-hybridized carbons (Fsp3) is 0.250. The molecule has 0 saturated carbocycles. The molecule has 0 spiro atoms. The summed E-state index contributed by atoms with van der Waals surface area (Å²) in [4.78, 5) is 41.9. The van der Waals surface area contributed by atoms with E-state index in [1.807, 2.05) is 30.3 Å². The van der Waals surface area contributed by atoms with E-state index < -0.39 is 23.5 Å². The second-order valence-electron chi connectivity index (χ2n) is 7.82. The average Bonchev–Trinajstić information content (AvgIpc) is 2.98. The van der Waals surface area contributed by atoms with E-state index in [4.69, 9.17) is 30.6 Å². The molecule has 10 nitrogen and oxygen atoms in total. The number of hydroxylamine groups is 1. The summed E-state index contributed by atoms with van der Waals surface area (Å²) in [6, 6.07) is 15.7. The standard InChI is InChI=1S/C24H21ClN4O6/c1-32-18-12-19(33-2)27-23(26-18)35-21-22(31)28-13-20(30)29(34-3)17-10-9-15(25)11-16(17)24(21,28)14-7-5-4-6-8-14/h4-12,21H,13H2,1-3H3/t21-,24+/m1/s1. The summed E-state index contributed by atoms with van der Waals surface area (Å²) in [5.74, 6) is -0.431. The first-order chi connectivity index (χ1) is 16.9. The highest BCUT2D eigenvalue weighted by Gasteiger charge is 2.67. The van der Waals surface area contributed by atoms with Gasteiger partial charge in [0.25, 0.3) is 11.8 Å². The first kappa shape index (κ1) is 22.9. The molecule has 2 aliphatic heterocycles. The van der Waals surface area contributed by atoms with E-state index in [0.717, 1.165) is 5.06 Å². The zero-order valence-corrected chi connectivity index (χ0v) is 19.9. The molecule has 0 unspecified atom stereocenters. The Morgan fingerprint density at radius 3 is 2.29 bits per heavy atom. The number of methoxy groups -OCH3 is 2. The number of fused-ring (bicyclic) bond motifs is 3. The minimum Gasteiger partial charge on any atom is -0.481 e. The third kappa shape index (κ3) is 3.44. The zero-order valence-electron chi connectivity index (χ0n) is 19.1. The SMILES string of the molecule is COc1cc(OC)nc(O[C@@H]2C(=O)N3CC(=O)N(OC)c4ccc(Cl)cc4[C@@]23c2ccccc2)n1. The van der Waals surface area contributed by atoms with Crippen molar-refractivity contribution in [2.45, 2.75) is 11.6 Å². The lowest BCUT2D eigenvalue weighted by molar-refractivity contribution is -0.178. The quantitative estimate of drug-likeness (QED) is 0.480. The van der Waals surface area contributed by atoms with E-state index in [-0.39, 0.29) is 24.3 Å². The van der Waals surface area contributed by atoms with Crippen molar-refractivity contribution in [2.24, 2.45) is 0 Å². The van der Waals surface area contributed by atoms with Crippen molar-refractivity contribution < 1.29 is 28.6 Å². The molecule has 3 aromatic rings. The number of amides is 2. The lowest BCUT2D eigenvalue weighted by Gasteiger charge is -2.55. The largest absolute Gasteiger partial charge is 0.481 e. The van der Waals surface area contributed by atoms with Crippen LogP contribution in [0.2, 0.25) is 5.02 Å². The van der Waals surface area contributed by atoms with Gasteiger partial charge in [0.15, 0.2) is 0 Å². The number of carbonyl (C=O) groups is 2. The van der Waals surface area contributed by atoms with Crippen LogP contribution >= 0.6 is 11.6 Å². The molecule has 35 heavy (non-hydrogen) atoms. The van der Waals surface area contributed by atoms with Crippen LogP contribution < -0.4 is 19.3 Å². The second-order valence-corrected chi connectivity index (χ2v) is 8.26. The normalized spacial score (nSPS) is 21.0. The van der Waals surface area contributed by atoms with E-state index in [1.165, 1.54) is 32.3 Å². The molecule has 0 N–H and O–H groups in total. The topological polar surface area (TPSA) is 103 Å². The number of halogens is 1. The van der Waals surface area contributed by atoms with Crippen molar-refractivity contribution in [1.29, 1.82) is 0 Å². The molecular weight excluding hydrogens is 476 g/mol. The van der Waals surface area contributed by atoms with Gasteiger partial charge in [-0.1, -0.05) is 41.9 Å². The molecule has 0 radical (unpaired) electrons. The number of nitrogens with zero attached hydrogens (tertiary/aromatic N) is 4. The van der Waals surface area contributed by atoms with Crippen LogP contribution in [0.25, 0.3) is 0 Å². The molecule has 2 aromatic carbocycles. The zero-order chi connectivity index (χ0) is 24.7. The van der Waals surface area contributed by atoms with Crippen LogP contribution in [0.15, 0.2) is 54.6 Å². The van der Waals surface area contributed by atoms with E-state index in [9.17, 15) is 9.59 Å². The molecule has 0 aliphatic carbocycles. The Morgan fingerprint density at radius 1 is 0.971 bits per heavy atom. The molecule has 1 fully saturated rings. The number of β-lactam (4-membered cyclic amide) rings is 1. The number of hydrogen-bond donors (Lipinski definition) is 0. The molecule has 3 heterocycles. The number of aromatic nitrogens is 2. The van der Waals surface area contributed by atoms with Gasteiger partial charge in [0, 0.05) is 10.6 Å². The maximum atomic E-state index is 13.5. The van der Waals surface area contributed by atoms with Gasteiger partial charge < -0.3 is 19.1 Å². The highest BCUT2D eigenvalue weighted by atomic mass is 35.5. The monoisotopic (exact) mass is 496 g/mol. The predicted molar refractivity (Wildman–Crippen MR) is 124 cm³/mol. The molecule has 2 amide bonds. The van der Waals surface area contributed by atoms with Gasteiger partial charge in [-0.2, -0.15) is 15.0 Å². The van der Waals surface area contributed by atoms with Crippen LogP contribution in [0.4, 0.5) is 5.69 Å². The number of carbonyl (C=O) groups excluding carboxylic acids is 2. The van der Waals surface area contributed by atoms with Gasteiger partial charge in [0.2, 0.25) is 17.9 Å². The van der Waals surface area contributed by atoms with Gasteiger partial charge in [-0.25, -0.2) is 0 Å². The molecule has 1 saturated heterocycles. The lowest BCUT2D eigenvalue weighted by atomic mass is 9.69. The van der Waals surface area contributed by atoms with Crippen molar-refractivity contribution >= 4 is 29.1 Å². The van der Waals surface area contributed by atoms with Crippen LogP contribution in [0, 0.1) is 0 Å². The van der Waals surface area contributed by atoms with Crippen LogP contribution in [0.3, 0.4) is 0 Å². The molecule has 2 atom stereocenters. The minimum atomic E-state index is -1.22. The van der Waals surface area contributed by atoms with Crippen molar-refractivity contribution in [3.05, 3.63) is 70.7 Å². The fourth-order valence-corrected chi connectivity index (χ4v) is 4.80. The second kappa shape index (κ2) is 8.71. The molecule has 11 heteroatoms. The summed E-state index contributed by atoms with van der Waals surface area (Å²) in [5, 5.41) is 1.58. The summed E-state index contributed by atoms with van der Waals surface area (Å²) < 4.78 is 16.6. The van der Waals surface area contributed by atoms with Crippen molar-refractivity contribution in [1.82, 2.24) is 14.9 Å². The van der Waals surface area contributed by atoms with Crippen LogP contribution in [-0.2, 0) is 20.0 Å². The lowest BCUT2D eigenvalue weighted by Crippen LogP contribution is -2.74. The number of benzene rings is 2. The summed E-state index contributed by atoms with van der Waals surface area (Å²) >= 11 is 6.42. The van der Waals surface area contributed by atoms with Gasteiger partial charge in [-0.05, 0) is 23.8 Å². The van der Waals surface area contributed by atoms with Crippen LogP contribution in [0.5, 0.6) is 17.8 Å². The Balaban J connectivity index is 1.74. The van der Waals surface area contributed by atoms with Crippen LogP contribution in [0.1, 0.15) is 11.1 Å². The van der Waals surface area contributed by atoms with Crippen LogP contribution in [-0.4, -0.2) is 60.7 Å². The Labute approximate surface area is 205 Å².